The molecule has 1 aliphatic rings. The fourth-order valence-corrected chi connectivity index (χ4v) is 2.62. The van der Waals surface area contributed by atoms with E-state index in [0.717, 1.165) is 5.56 Å². The molecule has 1 aromatic heterocycles. The van der Waals surface area contributed by atoms with Crippen molar-refractivity contribution in [2.24, 2.45) is 7.05 Å². The Morgan fingerprint density at radius 1 is 1.22 bits per heavy atom. The summed E-state index contributed by atoms with van der Waals surface area (Å²) in [6, 6.07) is 6.82. The number of ether oxygens (including phenoxy) is 3. The number of benzene rings is 1. The van der Waals surface area contributed by atoms with Crippen molar-refractivity contribution >= 4 is 17.7 Å². The first kappa shape index (κ1) is 18.5. The van der Waals surface area contributed by atoms with Gasteiger partial charge in [0.2, 0.25) is 6.79 Å². The smallest absolute Gasteiger partial charge is 0.355 e. The number of Topliss-reactive ketones (excluding diaryl/α,β-unsaturated/α-hetero) is 1. The minimum Gasteiger partial charge on any atom is -0.454 e. The molecule has 8 nitrogen and oxygen atoms in total. The van der Waals surface area contributed by atoms with Gasteiger partial charge in [0.05, 0.1) is 0 Å². The molecule has 27 heavy (non-hydrogen) atoms. The second-order valence-corrected chi connectivity index (χ2v) is 6.23. The van der Waals surface area contributed by atoms with E-state index >= 15 is 0 Å². The predicted octanol–water partition coefficient (Wildman–Crippen LogP) is 1.82. The van der Waals surface area contributed by atoms with Crippen LogP contribution in [0.4, 0.5) is 0 Å². The average molecular weight is 372 g/mol. The van der Waals surface area contributed by atoms with E-state index < -0.39 is 18.0 Å². The molecule has 2 aromatic rings. The van der Waals surface area contributed by atoms with Crippen LogP contribution in [-0.4, -0.2) is 35.1 Å². The zero-order chi connectivity index (χ0) is 19.6. The third-order valence-corrected chi connectivity index (χ3v) is 4.18. The zero-order valence-electron chi connectivity index (χ0n) is 15.3. The maximum Gasteiger partial charge on any atom is 0.355 e. The van der Waals surface area contributed by atoms with Gasteiger partial charge in [0, 0.05) is 25.4 Å². The summed E-state index contributed by atoms with van der Waals surface area (Å²) in [7, 11) is 1.63. The maximum atomic E-state index is 12.3. The summed E-state index contributed by atoms with van der Waals surface area (Å²) in [4.78, 5) is 35.9. The van der Waals surface area contributed by atoms with Crippen molar-refractivity contribution in [1.29, 1.82) is 0 Å². The van der Waals surface area contributed by atoms with Crippen LogP contribution < -0.4 is 14.8 Å². The molecule has 1 amide bonds. The molecular formula is C19H20N2O6. The maximum absolute atomic E-state index is 12.3. The molecule has 1 aromatic carbocycles. The van der Waals surface area contributed by atoms with Gasteiger partial charge in [-0.3, -0.25) is 9.59 Å². The lowest BCUT2D eigenvalue weighted by atomic mass is 10.2. The molecule has 8 heteroatoms. The monoisotopic (exact) mass is 372 g/mol. The molecule has 0 bridgehead atoms. The molecule has 2 heterocycles. The highest BCUT2D eigenvalue weighted by Gasteiger charge is 2.22. The van der Waals surface area contributed by atoms with Gasteiger partial charge in [0.1, 0.15) is 5.69 Å². The van der Waals surface area contributed by atoms with Gasteiger partial charge in [-0.25, -0.2) is 4.79 Å². The van der Waals surface area contributed by atoms with Gasteiger partial charge in [-0.2, -0.15) is 0 Å². The molecule has 1 N–H and O–H groups in total. The number of amides is 1. The summed E-state index contributed by atoms with van der Waals surface area (Å²) in [5.41, 5.74) is 1.44. The standard InChI is InChI=1S/C19H20N2O6/c1-11(22)14-7-15(21(3)9-14)19(24)27-12(2)18(23)20-8-13-4-5-16-17(6-13)26-10-25-16/h4-7,9,12H,8,10H2,1-3H3,(H,20,23)/t12-/m0/s1. The summed E-state index contributed by atoms with van der Waals surface area (Å²) < 4.78 is 17.2. The number of nitrogens with one attached hydrogen (secondary N) is 1. The number of ketones is 1. The number of nitrogens with zero attached hydrogens (tertiary/aromatic N) is 1. The zero-order valence-corrected chi connectivity index (χ0v) is 15.3. The molecule has 3 rings (SSSR count). The van der Waals surface area contributed by atoms with Crippen LogP contribution in [0.2, 0.25) is 0 Å². The van der Waals surface area contributed by atoms with E-state index in [4.69, 9.17) is 14.2 Å². The molecular weight excluding hydrogens is 352 g/mol. The number of fused-ring (bicyclic) bond motifs is 1. The summed E-state index contributed by atoms with van der Waals surface area (Å²) in [6.07, 6.45) is 0.561. The summed E-state index contributed by atoms with van der Waals surface area (Å²) in [5.74, 6) is 0.0444. The first-order chi connectivity index (χ1) is 12.8. The van der Waals surface area contributed by atoms with Crippen LogP contribution in [0, 0.1) is 0 Å². The molecule has 0 saturated carbocycles. The van der Waals surface area contributed by atoms with Gasteiger partial charge < -0.3 is 24.1 Å². The molecule has 0 unspecified atom stereocenters. The summed E-state index contributed by atoms with van der Waals surface area (Å²) in [5, 5.41) is 2.71. The third-order valence-electron chi connectivity index (χ3n) is 4.18. The fourth-order valence-electron chi connectivity index (χ4n) is 2.62. The highest BCUT2D eigenvalue weighted by atomic mass is 16.7. The average Bonchev–Trinajstić information content (AvgIpc) is 3.25. The van der Waals surface area contributed by atoms with Gasteiger partial charge >= 0.3 is 5.97 Å². The van der Waals surface area contributed by atoms with E-state index in [0.29, 0.717) is 17.1 Å². The topological polar surface area (TPSA) is 95.9 Å². The van der Waals surface area contributed by atoms with Crippen LogP contribution in [0.5, 0.6) is 11.5 Å². The first-order valence-corrected chi connectivity index (χ1v) is 8.39. The molecule has 142 valence electrons. The highest BCUT2D eigenvalue weighted by molar-refractivity contribution is 5.98. The number of rotatable bonds is 6. The van der Waals surface area contributed by atoms with Crippen LogP contribution in [0.3, 0.4) is 0 Å². The quantitative estimate of drug-likeness (QED) is 0.614. The Morgan fingerprint density at radius 2 is 1.96 bits per heavy atom. The van der Waals surface area contributed by atoms with Gasteiger partial charge in [-0.15, -0.1) is 0 Å². The van der Waals surface area contributed by atoms with Crippen molar-refractivity contribution in [2.45, 2.75) is 26.5 Å². The van der Waals surface area contributed by atoms with E-state index in [-0.39, 0.29) is 24.8 Å². The van der Waals surface area contributed by atoms with E-state index in [1.54, 1.807) is 25.4 Å². The number of carbonyl (C=O) groups excluding carboxylic acids is 3. The largest absolute Gasteiger partial charge is 0.454 e. The van der Waals surface area contributed by atoms with Crippen molar-refractivity contribution in [3.8, 4) is 11.5 Å². The first-order valence-electron chi connectivity index (χ1n) is 8.39. The van der Waals surface area contributed by atoms with E-state index in [2.05, 4.69) is 5.32 Å². The Bertz CT molecular complexity index is 902. The number of carbonyl (C=O) groups is 3. The lowest BCUT2D eigenvalue weighted by Gasteiger charge is -2.14. The van der Waals surface area contributed by atoms with Crippen LogP contribution >= 0.6 is 0 Å². The molecule has 1 atom stereocenters. The minimum absolute atomic E-state index is 0.154. The Kier molecular flexibility index (Phi) is 5.16. The van der Waals surface area contributed by atoms with Gasteiger partial charge in [-0.1, -0.05) is 6.07 Å². The molecule has 0 radical (unpaired) electrons. The number of esters is 1. The van der Waals surface area contributed by atoms with Crippen molar-refractivity contribution in [3.63, 3.8) is 0 Å². The van der Waals surface area contributed by atoms with Gasteiger partial charge in [0.25, 0.3) is 5.91 Å². The Labute approximate surface area is 156 Å². The second-order valence-electron chi connectivity index (χ2n) is 6.23. The van der Waals surface area contributed by atoms with Crippen LogP contribution in [0.25, 0.3) is 0 Å². The SMILES string of the molecule is CC(=O)c1cc(C(=O)O[C@@H](C)C(=O)NCc2ccc3c(c2)OCO3)n(C)c1. The molecule has 1 aliphatic heterocycles. The van der Waals surface area contributed by atoms with E-state index in [1.165, 1.54) is 24.5 Å². The van der Waals surface area contributed by atoms with Crippen molar-refractivity contribution in [1.82, 2.24) is 9.88 Å². The van der Waals surface area contributed by atoms with Crippen LogP contribution in [-0.2, 0) is 23.1 Å². The number of aromatic nitrogens is 1. The number of hydrogen-bond donors (Lipinski definition) is 1. The van der Waals surface area contributed by atoms with Crippen molar-refractivity contribution in [3.05, 3.63) is 47.3 Å². The van der Waals surface area contributed by atoms with E-state index in [1.807, 2.05) is 6.07 Å². The van der Waals surface area contributed by atoms with Gasteiger partial charge in [0.15, 0.2) is 23.4 Å². The molecule has 0 fully saturated rings. The normalized spacial score (nSPS) is 13.1. The number of hydrogen-bond acceptors (Lipinski definition) is 6. The number of aryl methyl sites for hydroxylation is 1. The summed E-state index contributed by atoms with van der Waals surface area (Å²) in [6.45, 7) is 3.34. The minimum atomic E-state index is -0.984. The van der Waals surface area contributed by atoms with Gasteiger partial charge in [-0.05, 0) is 37.6 Å². The Hall–Kier alpha value is -3.29. The molecule has 0 aliphatic carbocycles. The lowest BCUT2D eigenvalue weighted by molar-refractivity contribution is -0.129. The molecule has 0 saturated heterocycles. The fraction of sp³-hybridized carbons (Fsp3) is 0.316. The van der Waals surface area contributed by atoms with Crippen molar-refractivity contribution in [2.75, 3.05) is 6.79 Å². The third kappa shape index (κ3) is 4.11. The van der Waals surface area contributed by atoms with Crippen molar-refractivity contribution < 1.29 is 28.6 Å². The predicted molar refractivity (Wildman–Crippen MR) is 94.7 cm³/mol. The van der Waals surface area contributed by atoms with E-state index in [9.17, 15) is 14.4 Å². The molecule has 0 spiro atoms. The Morgan fingerprint density at radius 3 is 2.67 bits per heavy atom. The lowest BCUT2D eigenvalue weighted by Crippen LogP contribution is -2.35. The highest BCUT2D eigenvalue weighted by Crippen LogP contribution is 2.32. The summed E-state index contributed by atoms with van der Waals surface area (Å²) >= 11 is 0. The Balaban J connectivity index is 1.56. The second kappa shape index (κ2) is 7.53. The van der Waals surface area contributed by atoms with Crippen LogP contribution in [0.1, 0.15) is 40.3 Å². The van der Waals surface area contributed by atoms with Crippen LogP contribution in [0.15, 0.2) is 30.5 Å².